The summed E-state index contributed by atoms with van der Waals surface area (Å²) in [5, 5.41) is 10.3. The molecule has 6 nitrogen and oxygen atoms in total. The summed E-state index contributed by atoms with van der Waals surface area (Å²) < 4.78 is 5.21. The van der Waals surface area contributed by atoms with Crippen LogP contribution >= 0.6 is 0 Å². The molecule has 2 aliphatic rings. The van der Waals surface area contributed by atoms with E-state index in [-0.39, 0.29) is 6.04 Å². The van der Waals surface area contributed by atoms with Gasteiger partial charge in [0.05, 0.1) is 36.7 Å². The molecule has 6 heteroatoms. The van der Waals surface area contributed by atoms with Gasteiger partial charge >= 0.3 is 0 Å². The monoisotopic (exact) mass is 303 g/mol. The molecule has 120 valence electrons. The van der Waals surface area contributed by atoms with Gasteiger partial charge in [-0.3, -0.25) is 0 Å². The minimum Gasteiger partial charge on any atom is -0.405 e. The highest BCUT2D eigenvalue weighted by Gasteiger charge is 2.25. The highest BCUT2D eigenvalue weighted by molar-refractivity contribution is 5.77. The van der Waals surface area contributed by atoms with Gasteiger partial charge in [-0.2, -0.15) is 0 Å². The van der Waals surface area contributed by atoms with Crippen LogP contribution in [0.15, 0.2) is 30.0 Å². The number of likely N-dealkylation sites (N-methyl/N-ethyl adjacent to an activating group) is 2. The summed E-state index contributed by atoms with van der Waals surface area (Å²) in [6.07, 6.45) is 1.71. The Bertz CT molecular complexity index is 555. The molecule has 0 radical (unpaired) electrons. The van der Waals surface area contributed by atoms with Gasteiger partial charge in [0.25, 0.3) is 0 Å². The Hall–Kier alpha value is -1.92. The van der Waals surface area contributed by atoms with Crippen molar-refractivity contribution in [3.05, 3.63) is 30.0 Å². The second kappa shape index (κ2) is 6.46. The standard InChI is InChI=1S/C16H25N5O/c1-18-7-11(6-17)15-8-21(2)16-4-3-12(5-14(16)20-15)19-13-9-22-10-13/h3-6,13,15,18-20H,7-10,17H2,1-2H3/b11-6+. The van der Waals surface area contributed by atoms with Crippen molar-refractivity contribution in [2.24, 2.45) is 5.73 Å². The third-order valence-electron chi connectivity index (χ3n) is 4.25. The molecule has 0 amide bonds. The molecule has 22 heavy (non-hydrogen) atoms. The first kappa shape index (κ1) is 15.0. The van der Waals surface area contributed by atoms with Crippen LogP contribution in [0.2, 0.25) is 0 Å². The Morgan fingerprint density at radius 2 is 2.32 bits per heavy atom. The average Bonchev–Trinajstić information content (AvgIpc) is 2.48. The van der Waals surface area contributed by atoms with E-state index in [1.54, 1.807) is 6.20 Å². The summed E-state index contributed by atoms with van der Waals surface area (Å²) in [6.45, 7) is 3.26. The van der Waals surface area contributed by atoms with Gasteiger partial charge in [-0.05, 0) is 37.0 Å². The molecule has 1 aromatic rings. The minimum atomic E-state index is 0.220. The Kier molecular flexibility index (Phi) is 4.40. The van der Waals surface area contributed by atoms with Gasteiger partial charge in [0, 0.05) is 25.8 Å². The number of anilines is 3. The van der Waals surface area contributed by atoms with E-state index in [1.165, 1.54) is 11.3 Å². The molecule has 2 heterocycles. The van der Waals surface area contributed by atoms with E-state index < -0.39 is 0 Å². The summed E-state index contributed by atoms with van der Waals surface area (Å²) >= 11 is 0. The number of benzene rings is 1. The molecule has 5 N–H and O–H groups in total. The fraction of sp³-hybridized carbons (Fsp3) is 0.500. The lowest BCUT2D eigenvalue weighted by Gasteiger charge is -2.36. The normalized spacial score (nSPS) is 21.8. The third kappa shape index (κ3) is 2.98. The van der Waals surface area contributed by atoms with E-state index in [1.807, 2.05) is 7.05 Å². The fourth-order valence-electron chi connectivity index (χ4n) is 2.95. The average molecular weight is 303 g/mol. The van der Waals surface area contributed by atoms with Crippen LogP contribution in [0.25, 0.3) is 0 Å². The van der Waals surface area contributed by atoms with E-state index in [0.717, 1.165) is 37.7 Å². The maximum Gasteiger partial charge on any atom is 0.0728 e. The Labute approximate surface area is 131 Å². The Morgan fingerprint density at radius 1 is 1.50 bits per heavy atom. The molecule has 1 aromatic carbocycles. The highest BCUT2D eigenvalue weighted by Crippen LogP contribution is 2.34. The molecule has 1 fully saturated rings. The predicted octanol–water partition coefficient (Wildman–Crippen LogP) is 0.790. The highest BCUT2D eigenvalue weighted by atomic mass is 16.5. The van der Waals surface area contributed by atoms with Crippen LogP contribution in [0.3, 0.4) is 0 Å². The largest absolute Gasteiger partial charge is 0.405 e. The topological polar surface area (TPSA) is 74.6 Å². The van der Waals surface area contributed by atoms with Gasteiger partial charge in [0.1, 0.15) is 0 Å². The SMILES string of the molecule is CNC/C(=C\N)C1CN(C)c2ccc(NC3COC3)cc2N1. The molecule has 1 unspecified atom stereocenters. The second-order valence-corrected chi connectivity index (χ2v) is 5.96. The number of nitrogens with two attached hydrogens (primary N) is 1. The summed E-state index contributed by atoms with van der Waals surface area (Å²) in [5.74, 6) is 0. The number of fused-ring (bicyclic) bond motifs is 1. The van der Waals surface area contributed by atoms with E-state index >= 15 is 0 Å². The molecule has 3 rings (SSSR count). The Balaban J connectivity index is 1.78. The number of hydrogen-bond donors (Lipinski definition) is 4. The van der Waals surface area contributed by atoms with Crippen LogP contribution in [-0.4, -0.2) is 52.5 Å². The van der Waals surface area contributed by atoms with E-state index in [9.17, 15) is 0 Å². The van der Waals surface area contributed by atoms with Crippen molar-refractivity contribution in [3.63, 3.8) is 0 Å². The molecule has 0 saturated carbocycles. The van der Waals surface area contributed by atoms with Crippen LogP contribution in [-0.2, 0) is 4.74 Å². The summed E-state index contributed by atoms with van der Waals surface area (Å²) in [7, 11) is 4.06. The summed E-state index contributed by atoms with van der Waals surface area (Å²) in [6, 6.07) is 7.10. The van der Waals surface area contributed by atoms with Crippen LogP contribution in [0.4, 0.5) is 17.1 Å². The minimum absolute atomic E-state index is 0.220. The van der Waals surface area contributed by atoms with Gasteiger partial charge in [0.15, 0.2) is 0 Å². The van der Waals surface area contributed by atoms with Crippen molar-refractivity contribution in [2.45, 2.75) is 12.1 Å². The zero-order chi connectivity index (χ0) is 15.5. The number of nitrogens with zero attached hydrogens (tertiary/aromatic N) is 1. The van der Waals surface area contributed by atoms with Crippen LogP contribution < -0.4 is 26.6 Å². The molecule has 0 spiro atoms. The van der Waals surface area contributed by atoms with E-state index in [4.69, 9.17) is 10.5 Å². The molecule has 0 bridgehead atoms. The summed E-state index contributed by atoms with van der Waals surface area (Å²) in [5.41, 5.74) is 10.4. The molecular weight excluding hydrogens is 278 g/mol. The van der Waals surface area contributed by atoms with Gasteiger partial charge in [-0.1, -0.05) is 0 Å². The van der Waals surface area contributed by atoms with Crippen LogP contribution in [0.1, 0.15) is 0 Å². The first-order valence-electron chi connectivity index (χ1n) is 7.72. The molecule has 0 aliphatic carbocycles. The lowest BCUT2D eigenvalue weighted by Crippen LogP contribution is -2.43. The number of hydrogen-bond acceptors (Lipinski definition) is 6. The second-order valence-electron chi connectivity index (χ2n) is 5.96. The first-order chi connectivity index (χ1) is 10.7. The number of nitrogens with one attached hydrogen (secondary N) is 3. The number of rotatable bonds is 5. The first-order valence-corrected chi connectivity index (χ1v) is 7.72. The van der Waals surface area contributed by atoms with Crippen molar-refractivity contribution < 1.29 is 4.74 Å². The van der Waals surface area contributed by atoms with Crippen molar-refractivity contribution in [1.29, 1.82) is 0 Å². The maximum absolute atomic E-state index is 5.79. The van der Waals surface area contributed by atoms with Gasteiger partial charge in [-0.15, -0.1) is 0 Å². The maximum atomic E-state index is 5.79. The molecule has 0 aromatic heterocycles. The van der Waals surface area contributed by atoms with Crippen molar-refractivity contribution in [2.75, 3.05) is 55.9 Å². The quantitative estimate of drug-likeness (QED) is 0.644. The van der Waals surface area contributed by atoms with Crippen molar-refractivity contribution >= 4 is 17.1 Å². The predicted molar refractivity (Wildman–Crippen MR) is 91.5 cm³/mol. The lowest BCUT2D eigenvalue weighted by atomic mass is 10.0. The number of ether oxygens (including phenoxy) is 1. The zero-order valence-corrected chi connectivity index (χ0v) is 13.2. The van der Waals surface area contributed by atoms with Gasteiger partial charge < -0.3 is 31.3 Å². The van der Waals surface area contributed by atoms with Crippen LogP contribution in [0, 0.1) is 0 Å². The molecule has 1 saturated heterocycles. The fourth-order valence-corrected chi connectivity index (χ4v) is 2.95. The van der Waals surface area contributed by atoms with Gasteiger partial charge in [-0.25, -0.2) is 0 Å². The Morgan fingerprint density at radius 3 is 2.95 bits per heavy atom. The van der Waals surface area contributed by atoms with Crippen molar-refractivity contribution in [3.8, 4) is 0 Å². The lowest BCUT2D eigenvalue weighted by molar-refractivity contribution is 0.0211. The molecular formula is C16H25N5O. The smallest absolute Gasteiger partial charge is 0.0728 e. The third-order valence-corrected chi connectivity index (χ3v) is 4.25. The van der Waals surface area contributed by atoms with E-state index in [0.29, 0.717) is 6.04 Å². The molecule has 2 aliphatic heterocycles. The van der Waals surface area contributed by atoms with E-state index in [2.05, 4.69) is 46.1 Å². The molecule has 1 atom stereocenters. The van der Waals surface area contributed by atoms with Crippen LogP contribution in [0.5, 0.6) is 0 Å². The summed E-state index contributed by atoms with van der Waals surface area (Å²) in [4.78, 5) is 2.27. The zero-order valence-electron chi connectivity index (χ0n) is 13.2. The van der Waals surface area contributed by atoms with Crippen molar-refractivity contribution in [1.82, 2.24) is 5.32 Å². The van der Waals surface area contributed by atoms with Gasteiger partial charge in [0.2, 0.25) is 0 Å².